The Hall–Kier alpha value is -3.89. The number of methoxy groups -OCH3 is 1. The number of carbonyl (C=O) groups is 2. The number of carbonyl (C=O) groups excluding carboxylic acids is 2. The summed E-state index contributed by atoms with van der Waals surface area (Å²) in [6.45, 7) is 5.98. The number of likely N-dealkylation sites (N-methyl/N-ethyl adjacent to an activating group) is 1. The minimum atomic E-state index is -0.539. The van der Waals surface area contributed by atoms with E-state index in [9.17, 15) is 18.8 Å². The molecule has 11 heteroatoms. The quantitative estimate of drug-likeness (QED) is 0.549. The highest BCUT2D eigenvalue weighted by atomic mass is 19.1. The Bertz CT molecular complexity index is 1450. The standard InChI is InChI=1S/C26H31FN6O4/c1-4-31-13-15(2)33-20-19(22(37-3)21(33)26(31)36)25(35)32-14-16-8-9-17(27)12-18(16)24(34)29-11-7-5-6-10-28-23(20)30-32/h8-9,12,15H,4-7,10-11,13-14H2,1-3H3,(H,28,30)(H,29,34). The molecule has 37 heavy (non-hydrogen) atoms. The summed E-state index contributed by atoms with van der Waals surface area (Å²) >= 11 is 0. The molecular weight excluding hydrogens is 479 g/mol. The summed E-state index contributed by atoms with van der Waals surface area (Å²) in [6, 6.07) is 3.83. The smallest absolute Gasteiger partial charge is 0.280 e. The Labute approximate surface area is 213 Å². The Morgan fingerprint density at radius 3 is 2.62 bits per heavy atom. The van der Waals surface area contributed by atoms with E-state index in [1.54, 1.807) is 4.90 Å². The molecule has 3 aromatic rings. The Morgan fingerprint density at radius 1 is 1.14 bits per heavy atom. The first kappa shape index (κ1) is 24.8. The SMILES string of the molecule is CCN1CC(C)n2c(c(OC)c3c(=O)n4nc(c32)NCCCCCNC(=O)c2cc(F)ccc2C4)C1=O. The van der Waals surface area contributed by atoms with Gasteiger partial charge in [0.1, 0.15) is 16.7 Å². The van der Waals surface area contributed by atoms with Crippen LogP contribution in [0, 0.1) is 5.82 Å². The van der Waals surface area contributed by atoms with Crippen LogP contribution in [0.1, 0.15) is 65.6 Å². The van der Waals surface area contributed by atoms with E-state index in [4.69, 9.17) is 4.74 Å². The van der Waals surface area contributed by atoms with Gasteiger partial charge in [0.05, 0.1) is 13.7 Å². The molecule has 5 rings (SSSR count). The van der Waals surface area contributed by atoms with Crippen LogP contribution in [0.5, 0.6) is 5.75 Å². The third kappa shape index (κ3) is 4.21. The molecule has 196 valence electrons. The summed E-state index contributed by atoms with van der Waals surface area (Å²) in [5.41, 5.74) is 1.03. The topological polar surface area (TPSA) is 110 Å². The number of hydrogen-bond acceptors (Lipinski definition) is 6. The van der Waals surface area contributed by atoms with Gasteiger partial charge in [0.15, 0.2) is 17.3 Å². The van der Waals surface area contributed by atoms with Crippen molar-refractivity contribution in [1.29, 1.82) is 0 Å². The molecule has 0 aliphatic carbocycles. The summed E-state index contributed by atoms with van der Waals surface area (Å²) in [5.74, 6) is -0.451. The number of ether oxygens (including phenoxy) is 1. The van der Waals surface area contributed by atoms with Crippen LogP contribution in [0.2, 0.25) is 0 Å². The van der Waals surface area contributed by atoms with E-state index in [2.05, 4.69) is 15.7 Å². The summed E-state index contributed by atoms with van der Waals surface area (Å²) in [6.07, 6.45) is 2.43. The summed E-state index contributed by atoms with van der Waals surface area (Å²) in [7, 11) is 1.45. The zero-order valence-corrected chi connectivity index (χ0v) is 21.3. The highest BCUT2D eigenvalue weighted by molar-refractivity contribution is 6.07. The van der Waals surface area contributed by atoms with Gasteiger partial charge in [-0.05, 0) is 50.8 Å². The Balaban J connectivity index is 1.77. The highest BCUT2D eigenvalue weighted by Crippen LogP contribution is 2.39. The van der Waals surface area contributed by atoms with E-state index in [0.29, 0.717) is 48.8 Å². The van der Waals surface area contributed by atoms with Crippen LogP contribution >= 0.6 is 0 Å². The van der Waals surface area contributed by atoms with Gasteiger partial charge in [0.25, 0.3) is 17.4 Å². The van der Waals surface area contributed by atoms with Crippen LogP contribution in [0.15, 0.2) is 23.0 Å². The van der Waals surface area contributed by atoms with E-state index in [1.807, 2.05) is 18.4 Å². The van der Waals surface area contributed by atoms with Crippen molar-refractivity contribution in [2.24, 2.45) is 0 Å². The van der Waals surface area contributed by atoms with Crippen molar-refractivity contribution in [3.8, 4) is 5.75 Å². The molecule has 2 bridgehead atoms. The van der Waals surface area contributed by atoms with Crippen LogP contribution < -0.4 is 20.9 Å². The van der Waals surface area contributed by atoms with E-state index < -0.39 is 17.3 Å². The lowest BCUT2D eigenvalue weighted by Crippen LogP contribution is -2.42. The maximum absolute atomic E-state index is 14.1. The second-order valence-corrected chi connectivity index (χ2v) is 9.52. The number of fused-ring (bicyclic) bond motifs is 7. The number of nitrogens with one attached hydrogen (secondary N) is 2. The molecule has 1 aromatic carbocycles. The largest absolute Gasteiger partial charge is 0.493 e. The van der Waals surface area contributed by atoms with Gasteiger partial charge in [-0.1, -0.05) is 6.07 Å². The van der Waals surface area contributed by atoms with E-state index in [0.717, 1.165) is 19.3 Å². The minimum absolute atomic E-state index is 0.0548. The van der Waals surface area contributed by atoms with Gasteiger partial charge in [0, 0.05) is 37.8 Å². The molecule has 1 unspecified atom stereocenters. The number of rotatable bonds is 2. The van der Waals surface area contributed by atoms with Crippen molar-refractivity contribution < 1.29 is 18.7 Å². The van der Waals surface area contributed by atoms with Crippen molar-refractivity contribution in [2.75, 3.05) is 38.6 Å². The molecule has 2 amide bonds. The first-order valence-electron chi connectivity index (χ1n) is 12.7. The van der Waals surface area contributed by atoms with Gasteiger partial charge in [0.2, 0.25) is 0 Å². The van der Waals surface area contributed by atoms with E-state index >= 15 is 0 Å². The second-order valence-electron chi connectivity index (χ2n) is 9.52. The zero-order valence-electron chi connectivity index (χ0n) is 21.3. The van der Waals surface area contributed by atoms with Gasteiger partial charge in [-0.15, -0.1) is 5.10 Å². The normalized spacial score (nSPS) is 18.5. The predicted octanol–water partition coefficient (Wildman–Crippen LogP) is 2.76. The molecule has 0 radical (unpaired) electrons. The van der Waals surface area contributed by atoms with Gasteiger partial charge < -0.3 is 24.8 Å². The monoisotopic (exact) mass is 510 g/mol. The summed E-state index contributed by atoms with van der Waals surface area (Å²) in [4.78, 5) is 41.9. The average Bonchev–Trinajstić information content (AvgIpc) is 3.25. The maximum atomic E-state index is 14.1. The fourth-order valence-electron chi connectivity index (χ4n) is 5.30. The van der Waals surface area contributed by atoms with Gasteiger partial charge in [-0.3, -0.25) is 14.4 Å². The molecule has 10 nitrogen and oxygen atoms in total. The molecule has 2 N–H and O–H groups in total. The first-order chi connectivity index (χ1) is 17.8. The summed E-state index contributed by atoms with van der Waals surface area (Å²) < 4.78 is 22.9. The number of hydrogen-bond donors (Lipinski definition) is 2. The lowest BCUT2D eigenvalue weighted by Gasteiger charge is -2.32. The maximum Gasteiger partial charge on any atom is 0.280 e. The van der Waals surface area contributed by atoms with Gasteiger partial charge in [-0.25, -0.2) is 9.07 Å². The van der Waals surface area contributed by atoms with Crippen LogP contribution in [0.4, 0.5) is 10.2 Å². The van der Waals surface area contributed by atoms with Crippen LogP contribution in [-0.4, -0.2) is 64.4 Å². The fourth-order valence-corrected chi connectivity index (χ4v) is 5.30. The number of halogens is 1. The van der Waals surface area contributed by atoms with Crippen molar-refractivity contribution in [3.05, 3.63) is 51.2 Å². The zero-order chi connectivity index (χ0) is 26.3. The van der Waals surface area contributed by atoms with Crippen molar-refractivity contribution >= 4 is 28.5 Å². The third-order valence-corrected chi connectivity index (χ3v) is 7.12. The molecule has 1 atom stereocenters. The number of anilines is 1. The molecule has 2 aliphatic heterocycles. The molecule has 0 spiro atoms. The number of amides is 2. The first-order valence-corrected chi connectivity index (χ1v) is 12.7. The molecule has 0 fully saturated rings. The van der Waals surface area contributed by atoms with E-state index in [1.165, 1.54) is 30.0 Å². The Morgan fingerprint density at radius 2 is 1.89 bits per heavy atom. The molecule has 2 aliphatic rings. The highest BCUT2D eigenvalue weighted by Gasteiger charge is 2.37. The number of nitrogens with zero attached hydrogens (tertiary/aromatic N) is 4. The molecule has 2 aromatic heterocycles. The number of benzene rings is 1. The molecular formula is C26H31FN6O4. The fraction of sp³-hybridized carbons (Fsp3) is 0.462. The van der Waals surface area contributed by atoms with Crippen molar-refractivity contribution in [2.45, 2.75) is 45.7 Å². The van der Waals surface area contributed by atoms with Crippen molar-refractivity contribution in [1.82, 2.24) is 24.6 Å². The molecule has 0 saturated heterocycles. The van der Waals surface area contributed by atoms with E-state index in [-0.39, 0.29) is 35.2 Å². The average molecular weight is 511 g/mol. The predicted molar refractivity (Wildman–Crippen MR) is 137 cm³/mol. The Kier molecular flexibility index (Phi) is 6.61. The molecule has 0 saturated carbocycles. The second kappa shape index (κ2) is 9.87. The number of aromatic nitrogens is 3. The molecule has 4 heterocycles. The summed E-state index contributed by atoms with van der Waals surface area (Å²) in [5, 5.41) is 11.1. The van der Waals surface area contributed by atoms with Crippen LogP contribution in [-0.2, 0) is 6.54 Å². The lowest BCUT2D eigenvalue weighted by molar-refractivity contribution is 0.0685. The van der Waals surface area contributed by atoms with Gasteiger partial charge >= 0.3 is 0 Å². The van der Waals surface area contributed by atoms with Crippen LogP contribution in [0.25, 0.3) is 10.9 Å². The minimum Gasteiger partial charge on any atom is -0.493 e. The third-order valence-electron chi connectivity index (χ3n) is 7.12. The van der Waals surface area contributed by atoms with Gasteiger partial charge in [-0.2, -0.15) is 0 Å². The van der Waals surface area contributed by atoms with Crippen molar-refractivity contribution in [3.63, 3.8) is 0 Å². The lowest BCUT2D eigenvalue weighted by atomic mass is 10.1. The van der Waals surface area contributed by atoms with Crippen LogP contribution in [0.3, 0.4) is 0 Å².